The van der Waals surface area contributed by atoms with Crippen molar-refractivity contribution in [1.29, 1.82) is 0 Å². The van der Waals surface area contributed by atoms with Crippen LogP contribution >= 0.6 is 0 Å². The van der Waals surface area contributed by atoms with E-state index in [9.17, 15) is 5.11 Å². The van der Waals surface area contributed by atoms with Crippen LogP contribution in [0, 0.1) is 5.92 Å². The highest BCUT2D eigenvalue weighted by Crippen LogP contribution is 2.39. The van der Waals surface area contributed by atoms with Crippen molar-refractivity contribution in [2.45, 2.75) is 38.4 Å². The molecule has 2 unspecified atom stereocenters. The molecular formula is C11H23NO3. The van der Waals surface area contributed by atoms with Crippen molar-refractivity contribution < 1.29 is 14.6 Å². The summed E-state index contributed by atoms with van der Waals surface area (Å²) >= 11 is 0. The third-order valence-corrected chi connectivity index (χ3v) is 2.87. The van der Waals surface area contributed by atoms with Gasteiger partial charge in [-0.1, -0.05) is 0 Å². The van der Waals surface area contributed by atoms with Crippen LogP contribution in [0.15, 0.2) is 0 Å². The molecule has 90 valence electrons. The second-order valence-electron chi connectivity index (χ2n) is 4.36. The molecule has 0 radical (unpaired) electrons. The third kappa shape index (κ3) is 4.07. The number of hydrogen-bond acceptors (Lipinski definition) is 4. The highest BCUT2D eigenvalue weighted by atomic mass is 16.5. The molecule has 0 aromatic heterocycles. The van der Waals surface area contributed by atoms with Gasteiger partial charge >= 0.3 is 0 Å². The van der Waals surface area contributed by atoms with Crippen molar-refractivity contribution in [2.75, 3.05) is 26.4 Å². The smallest absolute Gasteiger partial charge is 0.103 e. The highest BCUT2D eigenvalue weighted by molar-refractivity contribution is 4.95. The minimum absolute atomic E-state index is 0.0155. The molecule has 0 bridgehead atoms. The van der Waals surface area contributed by atoms with Crippen molar-refractivity contribution >= 4 is 0 Å². The van der Waals surface area contributed by atoms with E-state index >= 15 is 0 Å². The summed E-state index contributed by atoms with van der Waals surface area (Å²) in [6.07, 6.45) is 2.15. The first-order valence-electron chi connectivity index (χ1n) is 5.74. The second kappa shape index (κ2) is 5.80. The van der Waals surface area contributed by atoms with Crippen molar-refractivity contribution in [1.82, 2.24) is 0 Å². The summed E-state index contributed by atoms with van der Waals surface area (Å²) in [5.74, 6) is 0.335. The van der Waals surface area contributed by atoms with Gasteiger partial charge in [0.05, 0.1) is 19.3 Å². The summed E-state index contributed by atoms with van der Waals surface area (Å²) in [7, 11) is 0. The topological polar surface area (TPSA) is 64.7 Å². The van der Waals surface area contributed by atoms with Crippen LogP contribution in [0.4, 0.5) is 0 Å². The average molecular weight is 217 g/mol. The summed E-state index contributed by atoms with van der Waals surface area (Å²) in [5, 5.41) is 10.1. The van der Waals surface area contributed by atoms with E-state index in [4.69, 9.17) is 15.2 Å². The zero-order valence-corrected chi connectivity index (χ0v) is 9.74. The van der Waals surface area contributed by atoms with Gasteiger partial charge < -0.3 is 20.3 Å². The lowest BCUT2D eigenvalue weighted by atomic mass is 9.99. The summed E-state index contributed by atoms with van der Waals surface area (Å²) in [6.45, 7) is 5.76. The molecule has 1 fully saturated rings. The average Bonchev–Trinajstić information content (AvgIpc) is 3.06. The third-order valence-electron chi connectivity index (χ3n) is 2.87. The summed E-state index contributed by atoms with van der Waals surface area (Å²) < 4.78 is 10.8. The van der Waals surface area contributed by atoms with Crippen LogP contribution in [0.3, 0.4) is 0 Å². The summed E-state index contributed by atoms with van der Waals surface area (Å²) in [6, 6.07) is 0. The van der Waals surface area contributed by atoms with Crippen LogP contribution in [0.2, 0.25) is 0 Å². The fraction of sp³-hybridized carbons (Fsp3) is 1.00. The van der Waals surface area contributed by atoms with Crippen molar-refractivity contribution in [3.05, 3.63) is 0 Å². The van der Waals surface area contributed by atoms with Gasteiger partial charge in [-0.2, -0.15) is 0 Å². The van der Waals surface area contributed by atoms with E-state index in [0.717, 1.165) is 12.8 Å². The van der Waals surface area contributed by atoms with E-state index in [1.165, 1.54) is 0 Å². The zero-order valence-electron chi connectivity index (χ0n) is 9.74. The molecule has 0 spiro atoms. The van der Waals surface area contributed by atoms with Crippen LogP contribution in [0.25, 0.3) is 0 Å². The van der Waals surface area contributed by atoms with Crippen molar-refractivity contribution in [3.8, 4) is 0 Å². The standard InChI is InChI=1S/C11H23NO3/c1-3-14-6-9(2)15-8-11(13,7-12)10-4-5-10/h9-10,13H,3-8,12H2,1-2H3. The molecule has 0 aromatic rings. The number of rotatable bonds is 8. The lowest BCUT2D eigenvalue weighted by Crippen LogP contribution is -2.45. The van der Waals surface area contributed by atoms with Crippen LogP contribution in [-0.4, -0.2) is 43.2 Å². The van der Waals surface area contributed by atoms with E-state index in [-0.39, 0.29) is 12.6 Å². The van der Waals surface area contributed by atoms with E-state index in [1.54, 1.807) is 0 Å². The van der Waals surface area contributed by atoms with Crippen LogP contribution in [0.1, 0.15) is 26.7 Å². The molecule has 1 aliphatic carbocycles. The minimum atomic E-state index is -0.819. The van der Waals surface area contributed by atoms with Gasteiger partial charge in [-0.3, -0.25) is 0 Å². The number of ether oxygens (including phenoxy) is 2. The lowest BCUT2D eigenvalue weighted by Gasteiger charge is -2.27. The Labute approximate surface area is 91.7 Å². The number of nitrogens with two attached hydrogens (primary N) is 1. The van der Waals surface area contributed by atoms with E-state index in [2.05, 4.69) is 0 Å². The van der Waals surface area contributed by atoms with Gasteiger partial charge in [0.1, 0.15) is 5.60 Å². The molecule has 1 rings (SSSR count). The van der Waals surface area contributed by atoms with E-state index < -0.39 is 5.60 Å². The molecule has 3 N–H and O–H groups in total. The predicted octanol–water partition coefficient (Wildman–Crippen LogP) is 0.528. The second-order valence-corrected chi connectivity index (χ2v) is 4.36. The Hall–Kier alpha value is -0.160. The van der Waals surface area contributed by atoms with Gasteiger partial charge in [-0.25, -0.2) is 0 Å². The van der Waals surface area contributed by atoms with Crippen LogP contribution < -0.4 is 5.73 Å². The van der Waals surface area contributed by atoms with E-state index in [1.807, 2.05) is 13.8 Å². The van der Waals surface area contributed by atoms with Crippen LogP contribution in [-0.2, 0) is 9.47 Å². The first kappa shape index (κ1) is 12.9. The highest BCUT2D eigenvalue weighted by Gasteiger charge is 2.43. The normalized spacial score (nSPS) is 22.4. The zero-order chi connectivity index (χ0) is 11.3. The molecule has 0 saturated heterocycles. The Morgan fingerprint density at radius 1 is 1.53 bits per heavy atom. The molecule has 4 nitrogen and oxygen atoms in total. The Bertz CT molecular complexity index is 185. The Morgan fingerprint density at radius 3 is 2.67 bits per heavy atom. The van der Waals surface area contributed by atoms with Gasteiger partial charge in [-0.05, 0) is 32.6 Å². The fourth-order valence-electron chi connectivity index (χ4n) is 1.58. The molecule has 2 atom stereocenters. The molecule has 0 aromatic carbocycles. The Morgan fingerprint density at radius 2 is 2.20 bits per heavy atom. The molecule has 0 amide bonds. The molecule has 0 heterocycles. The maximum absolute atomic E-state index is 10.1. The quantitative estimate of drug-likeness (QED) is 0.622. The molecule has 4 heteroatoms. The van der Waals surface area contributed by atoms with Crippen LogP contribution in [0.5, 0.6) is 0 Å². The van der Waals surface area contributed by atoms with Gasteiger partial charge in [0.25, 0.3) is 0 Å². The van der Waals surface area contributed by atoms with E-state index in [0.29, 0.717) is 25.7 Å². The maximum Gasteiger partial charge on any atom is 0.103 e. The number of hydrogen-bond donors (Lipinski definition) is 2. The first-order valence-corrected chi connectivity index (χ1v) is 5.74. The van der Waals surface area contributed by atoms with Crippen molar-refractivity contribution in [2.24, 2.45) is 11.7 Å². The minimum Gasteiger partial charge on any atom is -0.386 e. The van der Waals surface area contributed by atoms with Gasteiger partial charge in [0, 0.05) is 13.2 Å². The summed E-state index contributed by atoms with van der Waals surface area (Å²) in [4.78, 5) is 0. The molecule has 15 heavy (non-hydrogen) atoms. The summed E-state index contributed by atoms with van der Waals surface area (Å²) in [5.41, 5.74) is 4.75. The molecule has 0 aliphatic heterocycles. The molecule has 1 aliphatic rings. The predicted molar refractivity (Wildman–Crippen MR) is 58.6 cm³/mol. The van der Waals surface area contributed by atoms with Gasteiger partial charge in [0.2, 0.25) is 0 Å². The maximum atomic E-state index is 10.1. The van der Waals surface area contributed by atoms with Crippen molar-refractivity contribution in [3.63, 3.8) is 0 Å². The number of aliphatic hydroxyl groups is 1. The van der Waals surface area contributed by atoms with Gasteiger partial charge in [-0.15, -0.1) is 0 Å². The largest absolute Gasteiger partial charge is 0.386 e. The van der Waals surface area contributed by atoms with Gasteiger partial charge in [0.15, 0.2) is 0 Å². The first-order chi connectivity index (χ1) is 7.12. The molecular weight excluding hydrogens is 194 g/mol. The SMILES string of the molecule is CCOCC(C)OCC(O)(CN)C1CC1. The Balaban J connectivity index is 2.21. The fourth-order valence-corrected chi connectivity index (χ4v) is 1.58. The lowest BCUT2D eigenvalue weighted by molar-refractivity contribution is -0.0917. The Kier molecular flexibility index (Phi) is 4.99. The monoisotopic (exact) mass is 217 g/mol. The molecule has 1 saturated carbocycles.